The number of aromatic amines is 1. The number of halogens is 1. The Morgan fingerprint density at radius 2 is 1.82 bits per heavy atom. The molecule has 0 unspecified atom stereocenters. The first-order valence-electron chi connectivity index (χ1n) is 7.90. The Bertz CT molecular complexity index is 1220. The summed E-state index contributed by atoms with van der Waals surface area (Å²) in [5, 5.41) is 12.9. The number of nitrogens with one attached hydrogen (secondary N) is 2. The fourth-order valence-electron chi connectivity index (χ4n) is 2.37. The molecule has 28 heavy (non-hydrogen) atoms. The van der Waals surface area contributed by atoms with E-state index in [0.29, 0.717) is 5.69 Å². The summed E-state index contributed by atoms with van der Waals surface area (Å²) in [6.45, 7) is 0. The van der Waals surface area contributed by atoms with Crippen LogP contribution in [0.3, 0.4) is 0 Å². The summed E-state index contributed by atoms with van der Waals surface area (Å²) < 4.78 is 24.0. The van der Waals surface area contributed by atoms with Crippen molar-refractivity contribution in [3.63, 3.8) is 0 Å². The van der Waals surface area contributed by atoms with Gasteiger partial charge in [-0.2, -0.15) is 5.11 Å². The number of hydrogen-bond acceptors (Lipinski definition) is 6. The number of amides is 1. The van der Waals surface area contributed by atoms with Gasteiger partial charge < -0.3 is 5.32 Å². The van der Waals surface area contributed by atoms with Crippen molar-refractivity contribution in [3.05, 3.63) is 70.6 Å². The van der Waals surface area contributed by atoms with Gasteiger partial charge in [0.2, 0.25) is 0 Å². The molecule has 0 spiro atoms. The Hall–Kier alpha value is -3.24. The lowest BCUT2D eigenvalue weighted by molar-refractivity contribution is 0.0958. The maximum absolute atomic E-state index is 12.7. The van der Waals surface area contributed by atoms with Gasteiger partial charge in [-0.15, -0.1) is 5.11 Å². The predicted octanol–water partition coefficient (Wildman–Crippen LogP) is 2.87. The molecular formula is C17H14ClN5O4S. The summed E-state index contributed by atoms with van der Waals surface area (Å²) in [5.74, 6) is -0.558. The second-order valence-corrected chi connectivity index (χ2v) is 8.09. The van der Waals surface area contributed by atoms with Crippen LogP contribution in [0.1, 0.15) is 10.5 Å². The van der Waals surface area contributed by atoms with Crippen LogP contribution in [0, 0.1) is 0 Å². The molecule has 2 aromatic carbocycles. The van der Waals surface area contributed by atoms with Gasteiger partial charge in [-0.3, -0.25) is 14.7 Å². The molecule has 0 aliphatic carbocycles. The van der Waals surface area contributed by atoms with E-state index in [4.69, 9.17) is 10.7 Å². The van der Waals surface area contributed by atoms with E-state index >= 15 is 0 Å². The highest BCUT2D eigenvalue weighted by atomic mass is 35.7. The lowest BCUT2D eigenvalue weighted by atomic mass is 10.3. The van der Waals surface area contributed by atoms with Gasteiger partial charge in [-0.25, -0.2) is 13.1 Å². The normalized spacial score (nSPS) is 11.6. The number of hydrogen-bond donors (Lipinski definition) is 2. The number of rotatable bonds is 5. The van der Waals surface area contributed by atoms with E-state index in [1.807, 2.05) is 0 Å². The maximum Gasteiger partial charge on any atom is 0.299 e. The van der Waals surface area contributed by atoms with Crippen LogP contribution in [0.25, 0.3) is 5.69 Å². The standard InChI is InChI=1S/C17H14ClN5O4S/c1-19-16(24)14-15(17(25)23(22-14)12-7-3-2-4-8-12)21-20-11-6-5-9-13(10-11)28(18,26)27/h2-10,22H,1H3,(H,19,24). The number of aromatic nitrogens is 2. The van der Waals surface area contributed by atoms with Crippen molar-refractivity contribution < 1.29 is 13.2 Å². The fourth-order valence-corrected chi connectivity index (χ4v) is 3.16. The van der Waals surface area contributed by atoms with Gasteiger partial charge in [-0.05, 0) is 30.3 Å². The van der Waals surface area contributed by atoms with Gasteiger partial charge in [0, 0.05) is 17.7 Å². The van der Waals surface area contributed by atoms with E-state index in [1.165, 1.54) is 36.0 Å². The third-order valence-corrected chi connectivity index (χ3v) is 5.05. The summed E-state index contributed by atoms with van der Waals surface area (Å²) in [4.78, 5) is 24.7. The molecule has 11 heteroatoms. The number of carbonyl (C=O) groups excluding carboxylic acids is 1. The fraction of sp³-hybridized carbons (Fsp3) is 0.0588. The molecule has 9 nitrogen and oxygen atoms in total. The van der Waals surface area contributed by atoms with E-state index in [2.05, 4.69) is 20.6 Å². The second-order valence-electron chi connectivity index (χ2n) is 5.53. The molecular weight excluding hydrogens is 406 g/mol. The van der Waals surface area contributed by atoms with E-state index < -0.39 is 20.5 Å². The Kier molecular flexibility index (Phi) is 5.43. The highest BCUT2D eigenvalue weighted by Crippen LogP contribution is 2.23. The number of nitrogens with zero attached hydrogens (tertiary/aromatic N) is 3. The molecule has 1 amide bonds. The lowest BCUT2D eigenvalue weighted by Gasteiger charge is -2.00. The maximum atomic E-state index is 12.7. The van der Waals surface area contributed by atoms with Crippen LogP contribution in [0.15, 0.2) is 74.5 Å². The number of benzene rings is 2. The van der Waals surface area contributed by atoms with Crippen molar-refractivity contribution in [3.8, 4) is 5.69 Å². The van der Waals surface area contributed by atoms with E-state index in [1.54, 1.807) is 30.3 Å². The van der Waals surface area contributed by atoms with Crippen LogP contribution in [-0.4, -0.2) is 31.2 Å². The SMILES string of the molecule is CNC(=O)c1[nH]n(-c2ccccc2)c(=O)c1N=Nc1cccc(S(=O)(=O)Cl)c1. The molecule has 0 aliphatic rings. The van der Waals surface area contributed by atoms with Crippen molar-refractivity contribution in [2.75, 3.05) is 7.05 Å². The number of carbonyl (C=O) groups is 1. The van der Waals surface area contributed by atoms with Crippen molar-refractivity contribution in [1.29, 1.82) is 0 Å². The quantitative estimate of drug-likeness (QED) is 0.487. The van der Waals surface area contributed by atoms with Crippen LogP contribution in [0.5, 0.6) is 0 Å². The third-order valence-electron chi connectivity index (χ3n) is 3.70. The summed E-state index contributed by atoms with van der Waals surface area (Å²) in [6.07, 6.45) is 0. The molecule has 0 bridgehead atoms. The van der Waals surface area contributed by atoms with Gasteiger partial charge in [-0.1, -0.05) is 24.3 Å². The van der Waals surface area contributed by atoms with Crippen molar-refractivity contribution in [1.82, 2.24) is 15.1 Å². The Labute approximate surface area is 164 Å². The molecule has 1 aromatic heterocycles. The highest BCUT2D eigenvalue weighted by Gasteiger charge is 2.20. The number of azo groups is 1. The van der Waals surface area contributed by atoms with Gasteiger partial charge >= 0.3 is 0 Å². The first-order valence-corrected chi connectivity index (χ1v) is 10.2. The van der Waals surface area contributed by atoms with E-state index in [0.717, 1.165) is 0 Å². The van der Waals surface area contributed by atoms with Gasteiger partial charge in [0.1, 0.15) is 0 Å². The molecule has 0 fully saturated rings. The number of para-hydroxylation sites is 1. The predicted molar refractivity (Wildman–Crippen MR) is 103 cm³/mol. The smallest absolute Gasteiger partial charge is 0.299 e. The zero-order valence-corrected chi connectivity index (χ0v) is 16.0. The Balaban J connectivity index is 2.09. The van der Waals surface area contributed by atoms with Crippen LogP contribution >= 0.6 is 10.7 Å². The molecule has 0 saturated carbocycles. The topological polar surface area (TPSA) is 126 Å². The molecule has 144 valence electrons. The largest absolute Gasteiger partial charge is 0.354 e. The van der Waals surface area contributed by atoms with E-state index in [9.17, 15) is 18.0 Å². The summed E-state index contributed by atoms with van der Waals surface area (Å²) >= 11 is 0. The molecule has 2 N–H and O–H groups in total. The molecule has 0 aliphatic heterocycles. The third kappa shape index (κ3) is 4.02. The van der Waals surface area contributed by atoms with Crippen LogP contribution in [0.4, 0.5) is 11.4 Å². The average molecular weight is 420 g/mol. The summed E-state index contributed by atoms with van der Waals surface area (Å²) in [7, 11) is 2.79. The molecule has 0 radical (unpaired) electrons. The van der Waals surface area contributed by atoms with Crippen LogP contribution in [0.2, 0.25) is 0 Å². The van der Waals surface area contributed by atoms with Crippen LogP contribution < -0.4 is 10.9 Å². The second kappa shape index (κ2) is 7.79. The summed E-state index contributed by atoms with van der Waals surface area (Å²) in [6, 6.07) is 14.0. The molecule has 0 saturated heterocycles. The monoisotopic (exact) mass is 419 g/mol. The van der Waals surface area contributed by atoms with Gasteiger partial charge in [0.15, 0.2) is 11.4 Å². The van der Waals surface area contributed by atoms with Crippen molar-refractivity contribution >= 4 is 37.0 Å². The zero-order chi connectivity index (χ0) is 20.3. The molecule has 1 heterocycles. The Morgan fingerprint density at radius 1 is 1.11 bits per heavy atom. The highest BCUT2D eigenvalue weighted by molar-refractivity contribution is 8.13. The first-order chi connectivity index (χ1) is 13.3. The van der Waals surface area contributed by atoms with E-state index in [-0.39, 0.29) is 22.0 Å². The van der Waals surface area contributed by atoms with Crippen LogP contribution in [-0.2, 0) is 9.05 Å². The zero-order valence-electron chi connectivity index (χ0n) is 14.5. The first kappa shape index (κ1) is 19.5. The Morgan fingerprint density at radius 3 is 2.46 bits per heavy atom. The summed E-state index contributed by atoms with van der Waals surface area (Å²) in [5.41, 5.74) is -0.232. The van der Waals surface area contributed by atoms with Gasteiger partial charge in [0.25, 0.3) is 20.5 Å². The minimum atomic E-state index is -3.94. The minimum Gasteiger partial charge on any atom is -0.354 e. The average Bonchev–Trinajstić information content (AvgIpc) is 3.02. The molecule has 3 aromatic rings. The number of H-pyrrole nitrogens is 1. The molecule has 0 atom stereocenters. The molecule has 3 rings (SSSR count). The van der Waals surface area contributed by atoms with Crippen molar-refractivity contribution in [2.24, 2.45) is 10.2 Å². The van der Waals surface area contributed by atoms with Gasteiger partial charge in [0.05, 0.1) is 16.3 Å². The lowest BCUT2D eigenvalue weighted by Crippen LogP contribution is -2.18. The van der Waals surface area contributed by atoms with Crippen molar-refractivity contribution in [2.45, 2.75) is 4.90 Å². The minimum absolute atomic E-state index is 0.0822.